The predicted octanol–water partition coefficient (Wildman–Crippen LogP) is 2.26. The Morgan fingerprint density at radius 2 is 2.05 bits per heavy atom. The maximum Gasteiger partial charge on any atom is 0.254 e. The highest BCUT2D eigenvalue weighted by Crippen LogP contribution is 2.22. The Hall–Kier alpha value is -1.06. The van der Waals surface area contributed by atoms with E-state index < -0.39 is 0 Å². The molecular weight excluding hydrogens is 296 g/mol. The molecule has 2 atom stereocenters. The number of nitrogens with zero attached hydrogens (tertiary/aromatic N) is 1. The molecule has 2 fully saturated rings. The summed E-state index contributed by atoms with van der Waals surface area (Å²) in [5, 5.41) is 0.631. The van der Waals surface area contributed by atoms with Crippen molar-refractivity contribution in [1.82, 2.24) is 4.90 Å². The third-order valence-corrected chi connectivity index (χ3v) is 5.51. The van der Waals surface area contributed by atoms with Gasteiger partial charge in [0.1, 0.15) is 0 Å². The molecule has 1 aromatic carbocycles. The van der Waals surface area contributed by atoms with Crippen molar-refractivity contribution in [2.24, 2.45) is 5.92 Å². The smallest absolute Gasteiger partial charge is 0.254 e. The number of carbonyl (C=O) groups excluding carboxylic acids is 1. The molecule has 2 aliphatic rings. The fourth-order valence-corrected chi connectivity index (χ4v) is 4.20. The second-order valence-corrected chi connectivity index (χ2v) is 7.37. The first kappa shape index (κ1) is 15.8. The number of hydrogen-bond donors (Lipinski definition) is 1. The normalized spacial score (nSPS) is 26.9. The van der Waals surface area contributed by atoms with Gasteiger partial charge >= 0.3 is 0 Å². The van der Waals surface area contributed by atoms with Gasteiger partial charge in [-0.05, 0) is 37.0 Å². The fourth-order valence-electron chi connectivity index (χ4n) is 4.01. The molecule has 3 nitrogen and oxygen atoms in total. The van der Waals surface area contributed by atoms with Crippen LogP contribution in [0.25, 0.3) is 0 Å². The Balaban J connectivity index is 1.56. The van der Waals surface area contributed by atoms with Gasteiger partial charge in [0, 0.05) is 17.0 Å². The topological polar surface area (TPSA) is 24.8 Å². The second kappa shape index (κ2) is 7.01. The predicted molar refractivity (Wildman–Crippen MR) is 89.5 cm³/mol. The highest BCUT2D eigenvalue weighted by atomic mass is 35.5. The minimum atomic E-state index is 0.124. The molecule has 1 saturated carbocycles. The van der Waals surface area contributed by atoms with Crippen LogP contribution in [0.2, 0.25) is 5.02 Å². The van der Waals surface area contributed by atoms with Crippen LogP contribution in [0.3, 0.4) is 0 Å². The molecule has 1 aliphatic carbocycles. The van der Waals surface area contributed by atoms with Crippen molar-refractivity contribution in [2.75, 3.05) is 26.2 Å². The fraction of sp³-hybridized carbons (Fsp3) is 0.611. The summed E-state index contributed by atoms with van der Waals surface area (Å²) in [5.41, 5.74) is 0.710. The van der Waals surface area contributed by atoms with Gasteiger partial charge in [0.25, 0.3) is 5.91 Å². The van der Waals surface area contributed by atoms with Crippen LogP contribution >= 0.6 is 11.6 Å². The van der Waals surface area contributed by atoms with Crippen molar-refractivity contribution in [2.45, 2.75) is 38.6 Å². The molecule has 22 heavy (non-hydrogen) atoms. The molecule has 1 amide bonds. The molecule has 120 valence electrons. The molecule has 0 unspecified atom stereocenters. The molecule has 1 aliphatic heterocycles. The summed E-state index contributed by atoms with van der Waals surface area (Å²) in [7, 11) is 0. The molecule has 1 N–H and O–H groups in total. The molecule has 1 saturated heterocycles. The summed E-state index contributed by atoms with van der Waals surface area (Å²) in [5.74, 6) is 0.996. The number of nitrogens with one attached hydrogen (secondary N) is 1. The van der Waals surface area contributed by atoms with Crippen molar-refractivity contribution in [3.63, 3.8) is 0 Å². The Bertz CT molecular complexity index is 526. The van der Waals surface area contributed by atoms with Crippen LogP contribution in [0, 0.1) is 5.92 Å². The van der Waals surface area contributed by atoms with Gasteiger partial charge in [0.15, 0.2) is 0 Å². The Labute approximate surface area is 138 Å². The van der Waals surface area contributed by atoms with Crippen LogP contribution in [0.4, 0.5) is 0 Å². The molecular formula is C18H26ClN2O+. The lowest BCUT2D eigenvalue weighted by molar-refractivity contribution is -0.930. The molecule has 0 aromatic heterocycles. The van der Waals surface area contributed by atoms with Crippen molar-refractivity contribution in [1.29, 1.82) is 0 Å². The average molecular weight is 322 g/mol. The van der Waals surface area contributed by atoms with Gasteiger partial charge in [-0.1, -0.05) is 31.0 Å². The molecule has 4 heteroatoms. The highest BCUT2D eigenvalue weighted by molar-refractivity contribution is 6.30. The van der Waals surface area contributed by atoms with E-state index in [1.807, 2.05) is 23.1 Å². The summed E-state index contributed by atoms with van der Waals surface area (Å²) < 4.78 is 0. The highest BCUT2D eigenvalue weighted by Gasteiger charge is 2.32. The van der Waals surface area contributed by atoms with E-state index in [-0.39, 0.29) is 5.91 Å². The first-order valence-electron chi connectivity index (χ1n) is 8.53. The van der Waals surface area contributed by atoms with E-state index in [1.54, 1.807) is 11.0 Å². The number of halogens is 1. The van der Waals surface area contributed by atoms with Gasteiger partial charge in [0.05, 0.1) is 32.2 Å². The second-order valence-electron chi connectivity index (χ2n) is 6.93. The Morgan fingerprint density at radius 1 is 1.27 bits per heavy atom. The van der Waals surface area contributed by atoms with E-state index in [0.717, 1.165) is 38.1 Å². The third-order valence-electron chi connectivity index (χ3n) is 5.28. The van der Waals surface area contributed by atoms with E-state index in [9.17, 15) is 4.79 Å². The van der Waals surface area contributed by atoms with Gasteiger partial charge in [0.2, 0.25) is 0 Å². The van der Waals surface area contributed by atoms with Crippen molar-refractivity contribution in [3.05, 3.63) is 34.9 Å². The molecule has 0 radical (unpaired) electrons. The number of benzene rings is 1. The van der Waals surface area contributed by atoms with Gasteiger partial charge in [-0.3, -0.25) is 4.79 Å². The SMILES string of the molecule is C[C@H]1CCC[C@@H]([NH+]2CCN(C(=O)c3cccc(Cl)c3)CC2)C1. The maximum absolute atomic E-state index is 12.5. The Kier molecular flexibility index (Phi) is 5.04. The lowest BCUT2D eigenvalue weighted by Gasteiger charge is -2.39. The monoisotopic (exact) mass is 321 g/mol. The number of amides is 1. The van der Waals surface area contributed by atoms with E-state index in [1.165, 1.54) is 25.7 Å². The first-order chi connectivity index (χ1) is 10.6. The third kappa shape index (κ3) is 3.64. The zero-order valence-electron chi connectivity index (χ0n) is 13.4. The lowest BCUT2D eigenvalue weighted by atomic mass is 9.86. The van der Waals surface area contributed by atoms with Gasteiger partial charge in [-0.15, -0.1) is 0 Å². The largest absolute Gasteiger partial charge is 0.330 e. The minimum absolute atomic E-state index is 0.124. The molecule has 1 heterocycles. The quantitative estimate of drug-likeness (QED) is 0.888. The van der Waals surface area contributed by atoms with Crippen molar-refractivity contribution >= 4 is 17.5 Å². The van der Waals surface area contributed by atoms with Crippen molar-refractivity contribution in [3.8, 4) is 0 Å². The maximum atomic E-state index is 12.5. The average Bonchev–Trinajstić information content (AvgIpc) is 2.54. The molecule has 3 rings (SSSR count). The van der Waals surface area contributed by atoms with Crippen LogP contribution in [0.5, 0.6) is 0 Å². The van der Waals surface area contributed by atoms with E-state index in [2.05, 4.69) is 6.92 Å². The molecule has 1 aromatic rings. The van der Waals surface area contributed by atoms with E-state index in [0.29, 0.717) is 10.6 Å². The van der Waals surface area contributed by atoms with Gasteiger partial charge in [-0.25, -0.2) is 0 Å². The summed E-state index contributed by atoms with van der Waals surface area (Å²) in [6.45, 7) is 6.29. The summed E-state index contributed by atoms with van der Waals surface area (Å²) in [4.78, 5) is 16.2. The summed E-state index contributed by atoms with van der Waals surface area (Å²) in [6, 6.07) is 8.10. The van der Waals surface area contributed by atoms with Crippen LogP contribution in [-0.4, -0.2) is 43.0 Å². The number of rotatable bonds is 2. The van der Waals surface area contributed by atoms with Crippen molar-refractivity contribution < 1.29 is 9.69 Å². The zero-order valence-corrected chi connectivity index (χ0v) is 14.1. The standard InChI is InChI=1S/C18H25ClN2O/c1-14-4-2-7-17(12-14)20-8-10-21(11-9-20)18(22)15-5-3-6-16(19)13-15/h3,5-6,13-14,17H,2,4,7-12H2,1H3/p+1/t14-,17+/m0/s1. The molecule has 0 bridgehead atoms. The van der Waals surface area contributed by atoms with Gasteiger partial charge in [-0.2, -0.15) is 0 Å². The van der Waals surface area contributed by atoms with Crippen LogP contribution in [0.15, 0.2) is 24.3 Å². The number of carbonyl (C=O) groups is 1. The zero-order chi connectivity index (χ0) is 15.5. The summed E-state index contributed by atoms with van der Waals surface area (Å²) >= 11 is 5.99. The van der Waals surface area contributed by atoms with Crippen LogP contribution < -0.4 is 4.90 Å². The number of piperazine rings is 1. The summed E-state index contributed by atoms with van der Waals surface area (Å²) in [6.07, 6.45) is 5.49. The molecule has 0 spiro atoms. The van der Waals surface area contributed by atoms with E-state index in [4.69, 9.17) is 11.6 Å². The van der Waals surface area contributed by atoms with E-state index >= 15 is 0 Å². The minimum Gasteiger partial charge on any atom is -0.330 e. The number of quaternary nitrogens is 1. The lowest BCUT2D eigenvalue weighted by Crippen LogP contribution is -3.18. The number of hydrogen-bond acceptors (Lipinski definition) is 1. The van der Waals surface area contributed by atoms with Crippen LogP contribution in [-0.2, 0) is 0 Å². The first-order valence-corrected chi connectivity index (χ1v) is 8.90. The Morgan fingerprint density at radius 3 is 2.73 bits per heavy atom. The van der Waals surface area contributed by atoms with Crippen LogP contribution in [0.1, 0.15) is 43.0 Å². The van der Waals surface area contributed by atoms with Gasteiger partial charge < -0.3 is 9.80 Å².